The highest BCUT2D eigenvalue weighted by molar-refractivity contribution is 5.87. The lowest BCUT2D eigenvalue weighted by Gasteiger charge is -2.58. The normalized spacial score (nSPS) is 37.3. The average molecular weight is 518 g/mol. The zero-order valence-corrected chi connectivity index (χ0v) is 24.6. The van der Waals surface area contributed by atoms with Gasteiger partial charge in [0.05, 0.1) is 0 Å². The SMILES string of the molecule is CC(C)CCCC(C)C1CCC2C3CC=C4CC(OC(=O)C=Cc5cccnc5)CCC4(C)C3CCC12C. The second-order valence-corrected chi connectivity index (χ2v) is 14.2. The van der Waals surface area contributed by atoms with Crippen molar-refractivity contribution in [2.24, 2.45) is 46.3 Å². The molecule has 0 saturated heterocycles. The molecule has 8 atom stereocenters. The molecule has 0 spiro atoms. The van der Waals surface area contributed by atoms with Gasteiger partial charge in [-0.05, 0) is 109 Å². The molecule has 3 saturated carbocycles. The second-order valence-electron chi connectivity index (χ2n) is 14.2. The van der Waals surface area contributed by atoms with Crippen molar-refractivity contribution in [2.75, 3.05) is 0 Å². The first-order valence-electron chi connectivity index (χ1n) is 15.7. The lowest BCUT2D eigenvalue weighted by atomic mass is 9.47. The highest BCUT2D eigenvalue weighted by Crippen LogP contribution is 2.67. The third kappa shape index (κ3) is 5.41. The molecule has 4 aliphatic carbocycles. The maximum Gasteiger partial charge on any atom is 0.331 e. The number of aromatic nitrogens is 1. The van der Waals surface area contributed by atoms with Crippen LogP contribution >= 0.6 is 0 Å². The topological polar surface area (TPSA) is 39.2 Å². The molecular weight excluding hydrogens is 466 g/mol. The van der Waals surface area contributed by atoms with E-state index < -0.39 is 0 Å². The summed E-state index contributed by atoms with van der Waals surface area (Å²) < 4.78 is 5.93. The summed E-state index contributed by atoms with van der Waals surface area (Å²) in [4.78, 5) is 16.7. The van der Waals surface area contributed by atoms with Gasteiger partial charge >= 0.3 is 5.97 Å². The lowest BCUT2D eigenvalue weighted by Crippen LogP contribution is -2.51. The molecule has 208 valence electrons. The van der Waals surface area contributed by atoms with Crippen molar-refractivity contribution in [1.82, 2.24) is 4.98 Å². The Morgan fingerprint density at radius 2 is 1.95 bits per heavy atom. The molecule has 0 N–H and O–H groups in total. The Morgan fingerprint density at radius 1 is 1.11 bits per heavy atom. The Bertz CT molecular complexity index is 1030. The van der Waals surface area contributed by atoms with Crippen LogP contribution in [-0.2, 0) is 9.53 Å². The van der Waals surface area contributed by atoms with Gasteiger partial charge in [0.15, 0.2) is 0 Å². The molecule has 3 heteroatoms. The van der Waals surface area contributed by atoms with Crippen LogP contribution in [0.25, 0.3) is 6.08 Å². The smallest absolute Gasteiger partial charge is 0.331 e. The van der Waals surface area contributed by atoms with Crippen LogP contribution in [0.1, 0.15) is 111 Å². The van der Waals surface area contributed by atoms with E-state index in [0.29, 0.717) is 10.8 Å². The number of esters is 1. The Hall–Kier alpha value is -1.90. The van der Waals surface area contributed by atoms with Gasteiger partial charge in [-0.1, -0.05) is 71.6 Å². The van der Waals surface area contributed by atoms with Crippen LogP contribution in [0.5, 0.6) is 0 Å². The summed E-state index contributed by atoms with van der Waals surface area (Å²) in [5.74, 6) is 4.91. The Kier molecular flexibility index (Phi) is 8.22. The van der Waals surface area contributed by atoms with Gasteiger partial charge in [0.2, 0.25) is 0 Å². The van der Waals surface area contributed by atoms with E-state index in [0.717, 1.165) is 60.3 Å². The van der Waals surface area contributed by atoms with Gasteiger partial charge in [-0.15, -0.1) is 0 Å². The van der Waals surface area contributed by atoms with Crippen molar-refractivity contribution in [3.8, 4) is 0 Å². The molecule has 3 nitrogen and oxygen atoms in total. The van der Waals surface area contributed by atoms with Crippen LogP contribution in [0.4, 0.5) is 0 Å². The van der Waals surface area contributed by atoms with Crippen molar-refractivity contribution in [1.29, 1.82) is 0 Å². The largest absolute Gasteiger partial charge is 0.459 e. The number of ether oxygens (including phenoxy) is 1. The van der Waals surface area contributed by atoms with E-state index in [2.05, 4.69) is 45.7 Å². The summed E-state index contributed by atoms with van der Waals surface area (Å²) in [6, 6.07) is 3.82. The first kappa shape index (κ1) is 27.7. The van der Waals surface area contributed by atoms with E-state index in [1.165, 1.54) is 51.4 Å². The van der Waals surface area contributed by atoms with Crippen LogP contribution in [0.15, 0.2) is 42.3 Å². The fourth-order valence-corrected chi connectivity index (χ4v) is 9.60. The van der Waals surface area contributed by atoms with Gasteiger partial charge < -0.3 is 4.74 Å². The predicted molar refractivity (Wildman–Crippen MR) is 156 cm³/mol. The number of hydrogen-bond donors (Lipinski definition) is 0. The van der Waals surface area contributed by atoms with Crippen molar-refractivity contribution < 1.29 is 9.53 Å². The monoisotopic (exact) mass is 517 g/mol. The molecule has 0 radical (unpaired) electrons. The van der Waals surface area contributed by atoms with E-state index in [-0.39, 0.29) is 12.1 Å². The number of fused-ring (bicyclic) bond motifs is 5. The molecule has 3 fully saturated rings. The standard InChI is InChI=1S/C35H51NO2/c1-24(2)8-6-9-25(3)30-14-15-31-29-13-12-27-22-28(38-33(37)16-11-26-10-7-21-36-23-26)17-19-34(27,4)32(29)18-20-35(30,31)5/h7,10-12,16,21,23-25,28-32H,6,8-9,13-15,17-20,22H2,1-5H3. The molecule has 0 bridgehead atoms. The number of carbonyl (C=O) groups is 1. The van der Waals surface area contributed by atoms with E-state index >= 15 is 0 Å². The first-order chi connectivity index (χ1) is 18.2. The van der Waals surface area contributed by atoms with Crippen LogP contribution in [0, 0.1) is 46.3 Å². The van der Waals surface area contributed by atoms with E-state index in [4.69, 9.17) is 4.74 Å². The highest BCUT2D eigenvalue weighted by Gasteiger charge is 2.59. The van der Waals surface area contributed by atoms with Crippen molar-refractivity contribution in [3.05, 3.63) is 47.8 Å². The van der Waals surface area contributed by atoms with Crippen LogP contribution in [-0.4, -0.2) is 17.1 Å². The Balaban J connectivity index is 1.22. The van der Waals surface area contributed by atoms with E-state index in [1.807, 2.05) is 12.1 Å². The minimum atomic E-state index is -0.232. The Labute approximate surface area is 231 Å². The van der Waals surface area contributed by atoms with Crippen molar-refractivity contribution in [3.63, 3.8) is 0 Å². The minimum Gasteiger partial charge on any atom is -0.459 e. The highest BCUT2D eigenvalue weighted by atomic mass is 16.5. The van der Waals surface area contributed by atoms with Gasteiger partial charge in [0.25, 0.3) is 0 Å². The molecule has 1 aromatic heterocycles. The quantitative estimate of drug-likeness (QED) is 0.196. The summed E-state index contributed by atoms with van der Waals surface area (Å²) in [6.07, 6.45) is 23.6. The summed E-state index contributed by atoms with van der Waals surface area (Å²) >= 11 is 0. The molecule has 38 heavy (non-hydrogen) atoms. The predicted octanol–water partition coefficient (Wildman–Crippen LogP) is 9.05. The first-order valence-corrected chi connectivity index (χ1v) is 15.7. The molecular formula is C35H51NO2. The maximum absolute atomic E-state index is 12.5. The van der Waals surface area contributed by atoms with Gasteiger partial charge in [0.1, 0.15) is 6.10 Å². The van der Waals surface area contributed by atoms with Crippen LogP contribution in [0.2, 0.25) is 0 Å². The molecule has 8 unspecified atom stereocenters. The maximum atomic E-state index is 12.5. The molecule has 0 aromatic carbocycles. The van der Waals surface area contributed by atoms with Crippen molar-refractivity contribution >= 4 is 12.0 Å². The van der Waals surface area contributed by atoms with Crippen molar-refractivity contribution in [2.45, 2.75) is 111 Å². The van der Waals surface area contributed by atoms with E-state index in [9.17, 15) is 4.79 Å². The second kappa shape index (κ2) is 11.3. The van der Waals surface area contributed by atoms with Crippen LogP contribution < -0.4 is 0 Å². The number of hydrogen-bond acceptors (Lipinski definition) is 3. The zero-order valence-electron chi connectivity index (χ0n) is 24.6. The number of nitrogens with zero attached hydrogens (tertiary/aromatic N) is 1. The number of pyridine rings is 1. The van der Waals surface area contributed by atoms with Crippen LogP contribution in [0.3, 0.4) is 0 Å². The lowest BCUT2D eigenvalue weighted by molar-refractivity contribution is -0.145. The summed E-state index contributed by atoms with van der Waals surface area (Å²) in [7, 11) is 0. The fraction of sp³-hybridized carbons (Fsp3) is 0.714. The number of carbonyl (C=O) groups excluding carboxylic acids is 1. The summed E-state index contributed by atoms with van der Waals surface area (Å²) in [5.41, 5.74) is 3.33. The summed E-state index contributed by atoms with van der Waals surface area (Å²) in [6.45, 7) is 12.5. The molecule has 1 heterocycles. The zero-order chi connectivity index (χ0) is 26.9. The fourth-order valence-electron chi connectivity index (χ4n) is 9.60. The molecule has 0 aliphatic heterocycles. The van der Waals surface area contributed by atoms with Gasteiger partial charge in [0, 0.05) is 24.9 Å². The van der Waals surface area contributed by atoms with E-state index in [1.54, 1.807) is 30.1 Å². The van der Waals surface area contributed by atoms with Gasteiger partial charge in [-0.25, -0.2) is 4.79 Å². The molecule has 0 amide bonds. The molecule has 1 aromatic rings. The summed E-state index contributed by atoms with van der Waals surface area (Å²) in [5, 5.41) is 0. The molecule has 4 aliphatic rings. The Morgan fingerprint density at radius 3 is 2.71 bits per heavy atom. The number of allylic oxidation sites excluding steroid dienone is 1. The molecule has 5 rings (SSSR count). The third-order valence-electron chi connectivity index (χ3n) is 11.6. The average Bonchev–Trinajstić information content (AvgIpc) is 3.25. The van der Waals surface area contributed by atoms with Gasteiger partial charge in [-0.2, -0.15) is 0 Å². The third-order valence-corrected chi connectivity index (χ3v) is 11.6. The minimum absolute atomic E-state index is 0.00771. The van der Waals surface area contributed by atoms with Gasteiger partial charge in [-0.3, -0.25) is 4.98 Å². The number of rotatable bonds is 8.